The van der Waals surface area contributed by atoms with E-state index in [-0.39, 0.29) is 11.7 Å². The normalized spacial score (nSPS) is 16.0. The summed E-state index contributed by atoms with van der Waals surface area (Å²) in [6.45, 7) is 3.66. The van der Waals surface area contributed by atoms with Crippen LogP contribution in [-0.4, -0.2) is 22.7 Å². The van der Waals surface area contributed by atoms with E-state index < -0.39 is 11.9 Å². The number of aryl methyl sites for hydroxylation is 1. The first kappa shape index (κ1) is 22.2. The molecule has 9 heteroatoms. The number of primary amides is 1. The molecule has 0 radical (unpaired) electrons. The number of amidine groups is 1. The van der Waals surface area contributed by atoms with Crippen molar-refractivity contribution in [2.45, 2.75) is 19.9 Å². The van der Waals surface area contributed by atoms with Crippen molar-refractivity contribution in [3.05, 3.63) is 74.9 Å². The largest absolute Gasteiger partial charge is 0.366 e. The zero-order valence-electron chi connectivity index (χ0n) is 16.3. The van der Waals surface area contributed by atoms with Crippen LogP contribution in [-0.2, 0) is 9.59 Å². The Morgan fingerprint density at radius 3 is 2.60 bits per heavy atom. The topological polar surface area (TPSA) is 96.6 Å². The molecule has 0 fully saturated rings. The number of rotatable bonds is 5. The monoisotopic (exact) mass is 462 g/mol. The minimum atomic E-state index is -0.711. The van der Waals surface area contributed by atoms with Crippen LogP contribution in [0.4, 0.5) is 5.69 Å². The Labute approximate surface area is 188 Å². The Morgan fingerprint density at radius 1 is 1.17 bits per heavy atom. The van der Waals surface area contributed by atoms with Crippen molar-refractivity contribution < 1.29 is 9.59 Å². The summed E-state index contributed by atoms with van der Waals surface area (Å²) < 4.78 is 0. The van der Waals surface area contributed by atoms with Gasteiger partial charge in [-0.2, -0.15) is 0 Å². The Hall–Kier alpha value is -2.48. The number of aliphatic imine (C=N–C) groups is 1. The summed E-state index contributed by atoms with van der Waals surface area (Å²) in [5, 5.41) is 7.08. The molecule has 1 aliphatic rings. The van der Waals surface area contributed by atoms with E-state index in [1.54, 1.807) is 25.1 Å². The number of amides is 2. The number of anilines is 1. The van der Waals surface area contributed by atoms with Gasteiger partial charge in [0.05, 0.1) is 21.4 Å². The smallest absolute Gasteiger partial charge is 0.248 e. The van der Waals surface area contributed by atoms with Crippen LogP contribution in [0.15, 0.2) is 58.7 Å². The van der Waals surface area contributed by atoms with Crippen molar-refractivity contribution in [3.63, 3.8) is 0 Å². The standard InChI is InChI=1S/C21H20Cl2N4O2S/c1-11-6-3-4-9-15(11)26-16(28)10-30-21-25-12(2)17(20(24)29)19(27-21)13-7-5-8-14(22)18(13)23/h3-9,19H,10H2,1-2H3,(H2,24,29)(H,25,27)(H,26,28)/t19-/m0/s1. The fraction of sp³-hybridized carbons (Fsp3) is 0.190. The minimum absolute atomic E-state index is 0.134. The van der Waals surface area contributed by atoms with E-state index in [1.807, 2.05) is 31.2 Å². The lowest BCUT2D eigenvalue weighted by atomic mass is 9.96. The number of para-hydroxylation sites is 1. The molecular weight excluding hydrogens is 443 g/mol. The summed E-state index contributed by atoms with van der Waals surface area (Å²) in [5.41, 5.74) is 8.75. The molecule has 2 aromatic carbocycles. The zero-order chi connectivity index (χ0) is 21.8. The molecular formula is C21H20Cl2N4O2S. The molecule has 2 amide bonds. The summed E-state index contributed by atoms with van der Waals surface area (Å²) in [4.78, 5) is 29.0. The van der Waals surface area contributed by atoms with Crippen molar-refractivity contribution in [3.8, 4) is 0 Å². The van der Waals surface area contributed by atoms with E-state index in [2.05, 4.69) is 15.6 Å². The molecule has 0 aliphatic carbocycles. The van der Waals surface area contributed by atoms with Gasteiger partial charge < -0.3 is 16.4 Å². The highest BCUT2D eigenvalue weighted by Gasteiger charge is 2.30. The van der Waals surface area contributed by atoms with Gasteiger partial charge in [-0.05, 0) is 31.5 Å². The van der Waals surface area contributed by atoms with Crippen molar-refractivity contribution in [2.24, 2.45) is 10.7 Å². The third-order valence-electron chi connectivity index (χ3n) is 4.52. The first-order valence-corrected chi connectivity index (χ1v) is 10.8. The van der Waals surface area contributed by atoms with Gasteiger partial charge in [0.25, 0.3) is 0 Å². The van der Waals surface area contributed by atoms with Gasteiger partial charge in [-0.25, -0.2) is 4.99 Å². The van der Waals surface area contributed by atoms with Gasteiger partial charge in [0.1, 0.15) is 6.04 Å². The molecule has 0 saturated heterocycles. The maximum atomic E-state index is 12.4. The number of benzene rings is 2. The summed E-state index contributed by atoms with van der Waals surface area (Å²) in [7, 11) is 0. The Kier molecular flexibility index (Phi) is 7.07. The van der Waals surface area contributed by atoms with Crippen LogP contribution in [0.1, 0.15) is 24.1 Å². The predicted molar refractivity (Wildman–Crippen MR) is 124 cm³/mol. The molecule has 0 bridgehead atoms. The molecule has 0 aromatic heterocycles. The molecule has 3 rings (SSSR count). The third kappa shape index (κ3) is 4.98. The van der Waals surface area contributed by atoms with Crippen LogP contribution < -0.4 is 16.4 Å². The van der Waals surface area contributed by atoms with E-state index in [0.29, 0.717) is 32.0 Å². The highest BCUT2D eigenvalue weighted by Crippen LogP contribution is 2.38. The van der Waals surface area contributed by atoms with Gasteiger partial charge in [0.2, 0.25) is 11.8 Å². The number of thioether (sulfide) groups is 1. The van der Waals surface area contributed by atoms with Crippen molar-refractivity contribution >= 4 is 57.6 Å². The quantitative estimate of drug-likeness (QED) is 0.611. The second-order valence-corrected chi connectivity index (χ2v) is 8.41. The van der Waals surface area contributed by atoms with E-state index in [0.717, 1.165) is 11.3 Å². The number of nitrogens with one attached hydrogen (secondary N) is 2. The lowest BCUT2D eigenvalue weighted by Gasteiger charge is -2.26. The number of nitrogens with two attached hydrogens (primary N) is 1. The van der Waals surface area contributed by atoms with Crippen LogP contribution in [0.3, 0.4) is 0 Å². The van der Waals surface area contributed by atoms with Crippen LogP contribution in [0.25, 0.3) is 0 Å². The molecule has 1 atom stereocenters. The maximum Gasteiger partial charge on any atom is 0.248 e. The first-order valence-electron chi connectivity index (χ1n) is 9.05. The number of hydrogen-bond donors (Lipinski definition) is 3. The SMILES string of the molecule is CC1=C(C(N)=O)[C@H](c2cccc(Cl)c2Cl)N=C(SCC(=O)Nc2ccccc2C)N1. The molecule has 1 aliphatic heterocycles. The van der Waals surface area contributed by atoms with Crippen LogP contribution in [0.5, 0.6) is 0 Å². The van der Waals surface area contributed by atoms with Gasteiger partial charge >= 0.3 is 0 Å². The lowest BCUT2D eigenvalue weighted by molar-refractivity contribution is -0.115. The molecule has 156 valence electrons. The molecule has 0 unspecified atom stereocenters. The molecule has 2 aromatic rings. The lowest BCUT2D eigenvalue weighted by Crippen LogP contribution is -2.33. The highest BCUT2D eigenvalue weighted by molar-refractivity contribution is 8.14. The van der Waals surface area contributed by atoms with Gasteiger partial charge in [0.15, 0.2) is 5.17 Å². The summed E-state index contributed by atoms with van der Waals surface area (Å²) in [6.07, 6.45) is 0. The van der Waals surface area contributed by atoms with E-state index >= 15 is 0 Å². The fourth-order valence-electron chi connectivity index (χ4n) is 3.03. The average molecular weight is 463 g/mol. The number of carbonyl (C=O) groups excluding carboxylic acids is 2. The maximum absolute atomic E-state index is 12.4. The van der Waals surface area contributed by atoms with Gasteiger partial charge in [0, 0.05) is 16.9 Å². The Balaban J connectivity index is 1.80. The predicted octanol–water partition coefficient (Wildman–Crippen LogP) is 4.43. The first-order chi connectivity index (χ1) is 14.3. The average Bonchev–Trinajstić information content (AvgIpc) is 2.69. The molecule has 0 spiro atoms. The minimum Gasteiger partial charge on any atom is -0.366 e. The van der Waals surface area contributed by atoms with Crippen LogP contribution in [0.2, 0.25) is 10.0 Å². The summed E-state index contributed by atoms with van der Waals surface area (Å²) >= 11 is 13.7. The third-order valence-corrected chi connectivity index (χ3v) is 6.24. The number of allylic oxidation sites excluding steroid dienone is 1. The van der Waals surface area contributed by atoms with E-state index in [4.69, 9.17) is 28.9 Å². The number of hydrogen-bond acceptors (Lipinski definition) is 5. The molecule has 1 heterocycles. The van der Waals surface area contributed by atoms with Crippen LogP contribution in [0, 0.1) is 6.92 Å². The van der Waals surface area contributed by atoms with Crippen molar-refractivity contribution in [2.75, 3.05) is 11.1 Å². The number of halogens is 2. The van der Waals surface area contributed by atoms with Gasteiger partial charge in [-0.3, -0.25) is 9.59 Å². The summed E-state index contributed by atoms with van der Waals surface area (Å²) in [5.74, 6) is -0.639. The fourth-order valence-corrected chi connectivity index (χ4v) is 4.19. The van der Waals surface area contributed by atoms with Crippen molar-refractivity contribution in [1.82, 2.24) is 5.32 Å². The van der Waals surface area contributed by atoms with E-state index in [9.17, 15) is 9.59 Å². The molecule has 4 N–H and O–H groups in total. The number of nitrogens with zero attached hydrogens (tertiary/aromatic N) is 1. The zero-order valence-corrected chi connectivity index (χ0v) is 18.7. The van der Waals surface area contributed by atoms with Crippen molar-refractivity contribution in [1.29, 1.82) is 0 Å². The Bertz CT molecular complexity index is 1070. The van der Waals surface area contributed by atoms with Crippen LogP contribution >= 0.6 is 35.0 Å². The Morgan fingerprint density at radius 2 is 1.90 bits per heavy atom. The second kappa shape index (κ2) is 9.55. The molecule has 30 heavy (non-hydrogen) atoms. The summed E-state index contributed by atoms with van der Waals surface area (Å²) in [6, 6.07) is 12.0. The number of carbonyl (C=O) groups is 2. The second-order valence-electron chi connectivity index (χ2n) is 6.66. The molecule has 0 saturated carbocycles. The highest BCUT2D eigenvalue weighted by atomic mass is 35.5. The van der Waals surface area contributed by atoms with Gasteiger partial charge in [-0.1, -0.05) is 65.3 Å². The van der Waals surface area contributed by atoms with E-state index in [1.165, 1.54) is 11.8 Å². The van der Waals surface area contributed by atoms with Gasteiger partial charge in [-0.15, -0.1) is 0 Å². The molecule has 6 nitrogen and oxygen atoms in total.